The van der Waals surface area contributed by atoms with Gasteiger partial charge in [0.25, 0.3) is 0 Å². The van der Waals surface area contributed by atoms with Gasteiger partial charge in [0.1, 0.15) is 0 Å². The van der Waals surface area contributed by atoms with Gasteiger partial charge in [-0.1, -0.05) is 23.2 Å². The van der Waals surface area contributed by atoms with Gasteiger partial charge in [0, 0.05) is 13.1 Å². The second-order valence-electron chi connectivity index (χ2n) is 4.12. The van der Waals surface area contributed by atoms with Crippen LogP contribution in [0.15, 0.2) is 23.1 Å². The van der Waals surface area contributed by atoms with Gasteiger partial charge in [-0.3, -0.25) is 0 Å². The minimum Gasteiger partial charge on any atom is -0.376 e. The molecule has 1 saturated heterocycles. The SMILES string of the molecule is C[C@H]1CN(S(=O)(=O)c2ccc(Cl)c(Cl)c2)CCO1. The zero-order valence-corrected chi connectivity index (χ0v) is 12.1. The predicted molar refractivity (Wildman–Crippen MR) is 70.6 cm³/mol. The summed E-state index contributed by atoms with van der Waals surface area (Å²) in [7, 11) is -3.52. The molecule has 2 rings (SSSR count). The summed E-state index contributed by atoms with van der Waals surface area (Å²) >= 11 is 11.6. The lowest BCUT2D eigenvalue weighted by Crippen LogP contribution is -2.44. The second kappa shape index (κ2) is 5.35. The summed E-state index contributed by atoms with van der Waals surface area (Å²) in [5, 5.41) is 0.574. The summed E-state index contributed by atoms with van der Waals surface area (Å²) < 4.78 is 31.5. The van der Waals surface area contributed by atoms with Crippen molar-refractivity contribution in [2.24, 2.45) is 0 Å². The number of rotatable bonds is 2. The van der Waals surface area contributed by atoms with Crippen LogP contribution in [-0.4, -0.2) is 38.5 Å². The molecule has 0 N–H and O–H groups in total. The van der Waals surface area contributed by atoms with Crippen molar-refractivity contribution in [2.45, 2.75) is 17.9 Å². The molecule has 0 aliphatic carbocycles. The van der Waals surface area contributed by atoms with E-state index in [1.165, 1.54) is 22.5 Å². The van der Waals surface area contributed by atoms with Crippen molar-refractivity contribution in [1.82, 2.24) is 4.31 Å². The molecule has 1 fully saturated rings. The Hall–Kier alpha value is -0.330. The monoisotopic (exact) mass is 309 g/mol. The maximum absolute atomic E-state index is 12.4. The van der Waals surface area contributed by atoms with Crippen molar-refractivity contribution >= 4 is 33.2 Å². The number of morpholine rings is 1. The van der Waals surface area contributed by atoms with E-state index >= 15 is 0 Å². The highest BCUT2D eigenvalue weighted by atomic mass is 35.5. The summed E-state index contributed by atoms with van der Waals surface area (Å²) in [6.45, 7) is 2.95. The molecular weight excluding hydrogens is 297 g/mol. The number of sulfonamides is 1. The number of benzene rings is 1. The largest absolute Gasteiger partial charge is 0.376 e. The van der Waals surface area contributed by atoms with E-state index in [0.29, 0.717) is 24.7 Å². The molecule has 1 aromatic carbocycles. The Morgan fingerprint density at radius 3 is 2.67 bits per heavy atom. The van der Waals surface area contributed by atoms with Gasteiger partial charge in [0.05, 0.1) is 27.7 Å². The third-order valence-electron chi connectivity index (χ3n) is 2.73. The van der Waals surface area contributed by atoms with Gasteiger partial charge in [-0.2, -0.15) is 4.31 Å². The molecule has 4 nitrogen and oxygen atoms in total. The molecule has 0 saturated carbocycles. The van der Waals surface area contributed by atoms with Gasteiger partial charge in [-0.25, -0.2) is 8.42 Å². The van der Waals surface area contributed by atoms with Crippen LogP contribution in [0.25, 0.3) is 0 Å². The molecule has 18 heavy (non-hydrogen) atoms. The van der Waals surface area contributed by atoms with Crippen LogP contribution in [-0.2, 0) is 14.8 Å². The minimum absolute atomic E-state index is 0.101. The number of hydrogen-bond acceptors (Lipinski definition) is 3. The number of nitrogens with zero attached hydrogens (tertiary/aromatic N) is 1. The Morgan fingerprint density at radius 1 is 1.33 bits per heavy atom. The number of halogens is 2. The van der Waals surface area contributed by atoms with Crippen LogP contribution in [0.2, 0.25) is 10.0 Å². The molecule has 0 spiro atoms. The molecule has 100 valence electrons. The molecule has 0 unspecified atom stereocenters. The van der Waals surface area contributed by atoms with Crippen molar-refractivity contribution in [3.8, 4) is 0 Å². The molecule has 7 heteroatoms. The average molecular weight is 310 g/mol. The first-order valence-corrected chi connectivity index (χ1v) is 7.67. The van der Waals surface area contributed by atoms with E-state index in [0.717, 1.165) is 0 Å². The average Bonchev–Trinajstić information content (AvgIpc) is 2.32. The minimum atomic E-state index is -3.52. The standard InChI is InChI=1S/C11H13Cl2NO3S/c1-8-7-14(4-5-17-8)18(15,16)9-2-3-10(12)11(13)6-9/h2-3,6,8H,4-5,7H2,1H3/t8-/m0/s1. The fraction of sp³-hybridized carbons (Fsp3) is 0.455. The highest BCUT2D eigenvalue weighted by molar-refractivity contribution is 7.89. The highest BCUT2D eigenvalue weighted by Gasteiger charge is 2.29. The summed E-state index contributed by atoms with van der Waals surface area (Å²) in [6.07, 6.45) is -0.101. The van der Waals surface area contributed by atoms with Gasteiger partial charge >= 0.3 is 0 Å². The van der Waals surface area contributed by atoms with E-state index in [1.807, 2.05) is 6.92 Å². The summed E-state index contributed by atoms with van der Waals surface area (Å²) in [5.74, 6) is 0. The van der Waals surface area contributed by atoms with Gasteiger partial charge in [-0.05, 0) is 25.1 Å². The Bertz CT molecular complexity index is 547. The Balaban J connectivity index is 2.32. The molecule has 1 aliphatic heterocycles. The Morgan fingerprint density at radius 2 is 2.06 bits per heavy atom. The zero-order valence-electron chi connectivity index (χ0n) is 9.77. The van der Waals surface area contributed by atoms with Gasteiger partial charge in [0.15, 0.2) is 0 Å². The molecule has 0 aromatic heterocycles. The number of hydrogen-bond donors (Lipinski definition) is 0. The Kier molecular flexibility index (Phi) is 4.18. The van der Waals surface area contributed by atoms with E-state index in [1.54, 1.807) is 0 Å². The van der Waals surface area contributed by atoms with Gasteiger partial charge in [0.2, 0.25) is 10.0 Å². The molecule has 0 amide bonds. The highest BCUT2D eigenvalue weighted by Crippen LogP contribution is 2.27. The van der Waals surface area contributed by atoms with Crippen molar-refractivity contribution in [1.29, 1.82) is 0 Å². The normalized spacial score (nSPS) is 22.1. The van der Waals surface area contributed by atoms with Crippen molar-refractivity contribution in [2.75, 3.05) is 19.7 Å². The maximum atomic E-state index is 12.4. The number of ether oxygens (including phenoxy) is 1. The van der Waals surface area contributed by atoms with Crippen LogP contribution in [0.5, 0.6) is 0 Å². The fourth-order valence-electron chi connectivity index (χ4n) is 1.79. The second-order valence-corrected chi connectivity index (χ2v) is 6.87. The third-order valence-corrected chi connectivity index (χ3v) is 5.33. The topological polar surface area (TPSA) is 46.6 Å². The van der Waals surface area contributed by atoms with Crippen molar-refractivity contribution in [3.63, 3.8) is 0 Å². The van der Waals surface area contributed by atoms with E-state index in [9.17, 15) is 8.42 Å². The predicted octanol–water partition coefficient (Wildman–Crippen LogP) is 2.40. The first-order valence-electron chi connectivity index (χ1n) is 5.48. The zero-order chi connectivity index (χ0) is 13.3. The molecule has 1 atom stereocenters. The molecule has 1 aromatic rings. The van der Waals surface area contributed by atoms with Crippen LogP contribution in [0.1, 0.15) is 6.92 Å². The lowest BCUT2D eigenvalue weighted by Gasteiger charge is -2.30. The van der Waals surface area contributed by atoms with Gasteiger partial charge in [-0.15, -0.1) is 0 Å². The smallest absolute Gasteiger partial charge is 0.243 e. The van der Waals surface area contributed by atoms with Crippen LogP contribution in [0.3, 0.4) is 0 Å². The first-order chi connectivity index (χ1) is 8.41. The first kappa shape index (κ1) is 14.1. The van der Waals surface area contributed by atoms with E-state index in [2.05, 4.69) is 0 Å². The van der Waals surface area contributed by atoms with Crippen LogP contribution in [0.4, 0.5) is 0 Å². The Labute approximate surface area is 116 Å². The molecular formula is C11H13Cl2NO3S. The van der Waals surface area contributed by atoms with Crippen molar-refractivity contribution in [3.05, 3.63) is 28.2 Å². The van der Waals surface area contributed by atoms with Crippen molar-refractivity contribution < 1.29 is 13.2 Å². The molecule has 1 aliphatic rings. The van der Waals surface area contributed by atoms with Crippen LogP contribution >= 0.6 is 23.2 Å². The third kappa shape index (κ3) is 2.81. The summed E-state index contributed by atoms with van der Waals surface area (Å²) in [6, 6.07) is 4.32. The van der Waals surface area contributed by atoms with E-state index in [4.69, 9.17) is 27.9 Å². The van der Waals surface area contributed by atoms with Crippen LogP contribution in [0, 0.1) is 0 Å². The molecule has 1 heterocycles. The lowest BCUT2D eigenvalue weighted by molar-refractivity contribution is 0.0102. The van der Waals surface area contributed by atoms with Crippen LogP contribution < -0.4 is 0 Å². The fourth-order valence-corrected chi connectivity index (χ4v) is 3.68. The molecule has 0 bridgehead atoms. The summed E-state index contributed by atoms with van der Waals surface area (Å²) in [5.41, 5.74) is 0. The molecule has 0 radical (unpaired) electrons. The lowest BCUT2D eigenvalue weighted by atomic mass is 10.3. The van der Waals surface area contributed by atoms with E-state index in [-0.39, 0.29) is 16.0 Å². The van der Waals surface area contributed by atoms with E-state index < -0.39 is 10.0 Å². The maximum Gasteiger partial charge on any atom is 0.243 e. The quantitative estimate of drug-likeness (QED) is 0.843. The summed E-state index contributed by atoms with van der Waals surface area (Å²) in [4.78, 5) is 0.158. The van der Waals surface area contributed by atoms with Gasteiger partial charge < -0.3 is 4.74 Å².